The first-order valence-electron chi connectivity index (χ1n) is 5.95. The molecule has 2 aromatic rings. The van der Waals surface area contributed by atoms with Crippen molar-refractivity contribution in [2.24, 2.45) is 5.10 Å². The van der Waals surface area contributed by atoms with E-state index in [1.54, 1.807) is 12.1 Å². The second-order valence-electron chi connectivity index (χ2n) is 4.33. The maximum absolute atomic E-state index is 13.3. The van der Waals surface area contributed by atoms with E-state index in [0.717, 1.165) is 23.9 Å². The molecule has 0 radical (unpaired) electrons. The highest BCUT2D eigenvalue weighted by molar-refractivity contribution is 7.89. The number of hydrogen-bond acceptors (Lipinski definition) is 3. The summed E-state index contributed by atoms with van der Waals surface area (Å²) >= 11 is 0. The molecule has 0 saturated heterocycles. The first-order valence-corrected chi connectivity index (χ1v) is 7.43. The lowest BCUT2D eigenvalue weighted by Crippen LogP contribution is -2.18. The Morgan fingerprint density at radius 3 is 2.38 bits per heavy atom. The number of halogens is 2. The quantitative estimate of drug-likeness (QED) is 0.697. The summed E-state index contributed by atoms with van der Waals surface area (Å²) in [5, 5.41) is 3.48. The molecular formula is C14H12F2N2O2S. The molecule has 0 aromatic heterocycles. The van der Waals surface area contributed by atoms with E-state index in [1.165, 1.54) is 12.1 Å². The van der Waals surface area contributed by atoms with Gasteiger partial charge in [-0.1, -0.05) is 17.7 Å². The van der Waals surface area contributed by atoms with Crippen molar-refractivity contribution in [1.29, 1.82) is 0 Å². The van der Waals surface area contributed by atoms with Crippen molar-refractivity contribution in [3.05, 3.63) is 65.2 Å². The van der Waals surface area contributed by atoms with Crippen LogP contribution in [0, 0.1) is 18.6 Å². The van der Waals surface area contributed by atoms with Crippen LogP contribution in [0.4, 0.5) is 8.78 Å². The molecule has 0 aliphatic carbocycles. The predicted molar refractivity (Wildman–Crippen MR) is 75.5 cm³/mol. The first-order chi connectivity index (χ1) is 9.88. The third-order valence-electron chi connectivity index (χ3n) is 2.67. The van der Waals surface area contributed by atoms with Crippen molar-refractivity contribution < 1.29 is 17.2 Å². The summed E-state index contributed by atoms with van der Waals surface area (Å²) in [7, 11) is -3.81. The normalized spacial score (nSPS) is 11.8. The fourth-order valence-electron chi connectivity index (χ4n) is 1.54. The zero-order chi connectivity index (χ0) is 15.5. The van der Waals surface area contributed by atoms with E-state index in [9.17, 15) is 17.2 Å². The van der Waals surface area contributed by atoms with Crippen molar-refractivity contribution >= 4 is 16.2 Å². The highest BCUT2D eigenvalue weighted by Gasteiger charge is 2.11. The Labute approximate surface area is 121 Å². The van der Waals surface area contributed by atoms with E-state index in [-0.39, 0.29) is 10.5 Å². The third-order valence-corrected chi connectivity index (χ3v) is 3.91. The maximum Gasteiger partial charge on any atom is 0.276 e. The van der Waals surface area contributed by atoms with Gasteiger partial charge in [-0.15, -0.1) is 0 Å². The van der Waals surface area contributed by atoms with Crippen LogP contribution in [0.5, 0.6) is 0 Å². The molecule has 0 amide bonds. The number of rotatable bonds is 4. The van der Waals surface area contributed by atoms with E-state index in [4.69, 9.17) is 0 Å². The molecule has 7 heteroatoms. The molecule has 4 nitrogen and oxygen atoms in total. The largest absolute Gasteiger partial charge is 0.276 e. The van der Waals surface area contributed by atoms with Crippen LogP contribution in [-0.4, -0.2) is 14.6 Å². The average Bonchev–Trinajstić information content (AvgIpc) is 2.41. The fraction of sp³-hybridized carbons (Fsp3) is 0.0714. The fourth-order valence-corrected chi connectivity index (χ4v) is 2.33. The summed E-state index contributed by atoms with van der Waals surface area (Å²) in [5.74, 6) is -1.54. The number of hydrazone groups is 1. The summed E-state index contributed by atoms with van der Waals surface area (Å²) in [5.41, 5.74) is 0.897. The topological polar surface area (TPSA) is 58.5 Å². The zero-order valence-corrected chi connectivity index (χ0v) is 11.9. The minimum absolute atomic E-state index is 0.0250. The highest BCUT2D eigenvalue weighted by Crippen LogP contribution is 2.10. The van der Waals surface area contributed by atoms with Crippen LogP contribution in [0.1, 0.15) is 11.1 Å². The molecule has 0 atom stereocenters. The summed E-state index contributed by atoms with van der Waals surface area (Å²) in [4.78, 5) is 2.01. The van der Waals surface area contributed by atoms with Crippen LogP contribution >= 0.6 is 0 Å². The van der Waals surface area contributed by atoms with Gasteiger partial charge in [0.25, 0.3) is 10.0 Å². The molecule has 0 aliphatic heterocycles. The predicted octanol–water partition coefficient (Wildman–Crippen LogP) is 2.59. The first kappa shape index (κ1) is 15.1. The molecule has 0 aliphatic rings. The van der Waals surface area contributed by atoms with Gasteiger partial charge >= 0.3 is 0 Å². The molecule has 21 heavy (non-hydrogen) atoms. The lowest BCUT2D eigenvalue weighted by Gasteiger charge is -2.03. The van der Waals surface area contributed by atoms with Crippen LogP contribution in [0.25, 0.3) is 0 Å². The van der Waals surface area contributed by atoms with Crippen molar-refractivity contribution in [2.45, 2.75) is 11.8 Å². The van der Waals surface area contributed by atoms with Crippen LogP contribution in [-0.2, 0) is 10.0 Å². The van der Waals surface area contributed by atoms with Gasteiger partial charge in [0, 0.05) is 11.6 Å². The van der Waals surface area contributed by atoms with E-state index >= 15 is 0 Å². The molecule has 0 spiro atoms. The second-order valence-corrected chi connectivity index (χ2v) is 5.99. The van der Waals surface area contributed by atoms with Gasteiger partial charge in [-0.05, 0) is 31.2 Å². The average molecular weight is 310 g/mol. The van der Waals surface area contributed by atoms with Gasteiger partial charge in [-0.3, -0.25) is 0 Å². The Morgan fingerprint density at radius 2 is 1.76 bits per heavy atom. The number of benzene rings is 2. The van der Waals surface area contributed by atoms with E-state index in [2.05, 4.69) is 5.10 Å². The van der Waals surface area contributed by atoms with Crippen LogP contribution in [0.15, 0.2) is 52.5 Å². The Bertz CT molecular complexity index is 772. The summed E-state index contributed by atoms with van der Waals surface area (Å²) in [6.45, 7) is 1.83. The zero-order valence-electron chi connectivity index (χ0n) is 11.0. The third kappa shape index (κ3) is 3.85. The highest BCUT2D eigenvalue weighted by atomic mass is 32.2. The molecule has 110 valence electrons. The van der Waals surface area contributed by atoms with Crippen LogP contribution < -0.4 is 4.83 Å². The number of hydrogen-bond donors (Lipinski definition) is 1. The molecular weight excluding hydrogens is 298 g/mol. The lowest BCUT2D eigenvalue weighted by molar-refractivity contribution is 0.580. The van der Waals surface area contributed by atoms with Gasteiger partial charge in [-0.25, -0.2) is 13.6 Å². The smallest absolute Gasteiger partial charge is 0.207 e. The number of nitrogens with zero attached hydrogens (tertiary/aromatic N) is 1. The van der Waals surface area contributed by atoms with Gasteiger partial charge < -0.3 is 0 Å². The number of nitrogens with one attached hydrogen (secondary N) is 1. The van der Waals surface area contributed by atoms with Crippen molar-refractivity contribution in [3.8, 4) is 0 Å². The SMILES string of the molecule is Cc1ccc(S(=O)(=O)N/N=C/c2ccc(F)cc2F)cc1. The molecule has 0 heterocycles. The van der Waals surface area contributed by atoms with Gasteiger partial charge in [0.15, 0.2) is 0 Å². The number of sulfonamides is 1. The summed E-state index contributed by atoms with van der Waals surface area (Å²) < 4.78 is 49.8. The van der Waals surface area contributed by atoms with Crippen LogP contribution in [0.3, 0.4) is 0 Å². The maximum atomic E-state index is 13.3. The Balaban J connectivity index is 2.14. The van der Waals surface area contributed by atoms with Crippen molar-refractivity contribution in [1.82, 2.24) is 4.83 Å². The molecule has 1 N–H and O–H groups in total. The Kier molecular flexibility index (Phi) is 4.32. The van der Waals surface area contributed by atoms with Gasteiger partial charge in [-0.2, -0.15) is 13.5 Å². The van der Waals surface area contributed by atoms with E-state index < -0.39 is 21.7 Å². The second kappa shape index (κ2) is 6.01. The molecule has 0 unspecified atom stereocenters. The van der Waals surface area contributed by atoms with Gasteiger partial charge in [0.05, 0.1) is 11.1 Å². The molecule has 2 rings (SSSR count). The molecule has 2 aromatic carbocycles. The molecule has 0 fully saturated rings. The summed E-state index contributed by atoms with van der Waals surface area (Å²) in [6, 6.07) is 9.08. The Hall–Kier alpha value is -2.28. The summed E-state index contributed by atoms with van der Waals surface area (Å²) in [6.07, 6.45) is 0.973. The van der Waals surface area contributed by atoms with Crippen LogP contribution in [0.2, 0.25) is 0 Å². The monoisotopic (exact) mass is 310 g/mol. The van der Waals surface area contributed by atoms with E-state index in [0.29, 0.717) is 6.07 Å². The minimum atomic E-state index is -3.81. The molecule has 0 saturated carbocycles. The molecule has 0 bridgehead atoms. The van der Waals surface area contributed by atoms with Crippen molar-refractivity contribution in [3.63, 3.8) is 0 Å². The van der Waals surface area contributed by atoms with Crippen molar-refractivity contribution in [2.75, 3.05) is 0 Å². The standard InChI is InChI=1S/C14H12F2N2O2S/c1-10-2-6-13(7-3-10)21(19,20)18-17-9-11-4-5-12(15)8-14(11)16/h2-9,18H,1H3/b17-9+. The van der Waals surface area contributed by atoms with Gasteiger partial charge in [0.1, 0.15) is 11.6 Å². The van der Waals surface area contributed by atoms with Gasteiger partial charge in [0.2, 0.25) is 0 Å². The van der Waals surface area contributed by atoms with E-state index in [1.807, 2.05) is 11.8 Å². The Morgan fingerprint density at radius 1 is 1.10 bits per heavy atom. The minimum Gasteiger partial charge on any atom is -0.207 e. The number of aryl methyl sites for hydroxylation is 1. The lowest BCUT2D eigenvalue weighted by atomic mass is 10.2.